The summed E-state index contributed by atoms with van der Waals surface area (Å²) < 4.78 is 5.58. The predicted molar refractivity (Wildman–Crippen MR) is 110 cm³/mol. The van der Waals surface area contributed by atoms with Crippen LogP contribution in [0.25, 0.3) is 0 Å². The number of hydroxylamine groups is 2. The minimum absolute atomic E-state index is 0.0131. The van der Waals surface area contributed by atoms with E-state index in [0.29, 0.717) is 10.6 Å². The molecule has 0 radical (unpaired) electrons. The van der Waals surface area contributed by atoms with Gasteiger partial charge in [-0.2, -0.15) is 0 Å². The number of rotatable bonds is 7. The number of hydrogen-bond acceptors (Lipinski definition) is 7. The van der Waals surface area contributed by atoms with E-state index in [9.17, 15) is 24.0 Å². The minimum Gasteiger partial charge on any atom is -0.425 e. The first-order chi connectivity index (χ1) is 14.3. The molecule has 1 aromatic rings. The molecule has 1 atom stereocenters. The number of hydrogen-bond donors (Lipinski definition) is 1. The third-order valence-electron chi connectivity index (χ3n) is 4.89. The summed E-state index contributed by atoms with van der Waals surface area (Å²) in [5.74, 6) is -2.59. The average molecular weight is 432 g/mol. The van der Waals surface area contributed by atoms with Gasteiger partial charge in [0, 0.05) is 30.7 Å². The Labute approximate surface area is 181 Å². The van der Waals surface area contributed by atoms with Gasteiger partial charge in [-0.15, -0.1) is 5.06 Å². The zero-order valence-electron chi connectivity index (χ0n) is 18.7. The Morgan fingerprint density at radius 2 is 1.71 bits per heavy atom. The summed E-state index contributed by atoms with van der Waals surface area (Å²) in [5.41, 5.74) is 1.40. The van der Waals surface area contributed by atoms with Crippen LogP contribution in [0.5, 0.6) is 5.75 Å². The fourth-order valence-electron chi connectivity index (χ4n) is 3.68. The summed E-state index contributed by atoms with van der Waals surface area (Å²) in [6, 6.07) is 2.72. The van der Waals surface area contributed by atoms with Gasteiger partial charge in [0.05, 0.1) is 6.42 Å². The molecule has 0 aliphatic carbocycles. The van der Waals surface area contributed by atoms with Crippen molar-refractivity contribution in [2.75, 3.05) is 0 Å². The average Bonchev–Trinajstić information content (AvgIpc) is 2.91. The number of carbonyl (C=O) groups excluding carboxylic acids is 5. The van der Waals surface area contributed by atoms with Crippen molar-refractivity contribution in [2.24, 2.45) is 0 Å². The molecule has 1 saturated heterocycles. The molecule has 0 saturated carbocycles. The second-order valence-electron chi connectivity index (χ2n) is 8.40. The Morgan fingerprint density at radius 1 is 1.13 bits per heavy atom. The first-order valence-electron chi connectivity index (χ1n) is 9.99. The van der Waals surface area contributed by atoms with E-state index in [1.54, 1.807) is 19.9 Å². The van der Waals surface area contributed by atoms with Crippen molar-refractivity contribution >= 4 is 29.7 Å². The van der Waals surface area contributed by atoms with Crippen LogP contribution in [0.1, 0.15) is 63.6 Å². The molecule has 1 aliphatic rings. The van der Waals surface area contributed by atoms with Crippen LogP contribution in [-0.4, -0.2) is 40.8 Å². The molecular formula is C22H28N2O7. The van der Waals surface area contributed by atoms with Crippen molar-refractivity contribution in [3.8, 4) is 5.75 Å². The summed E-state index contributed by atoms with van der Waals surface area (Å²) in [6.07, 6.45) is -0.141. The van der Waals surface area contributed by atoms with Crippen molar-refractivity contribution in [3.63, 3.8) is 0 Å². The number of carbonyl (C=O) groups is 5. The molecule has 1 N–H and O–H groups in total. The minimum atomic E-state index is -0.855. The Morgan fingerprint density at radius 3 is 2.26 bits per heavy atom. The van der Waals surface area contributed by atoms with Crippen LogP contribution in [0, 0.1) is 13.8 Å². The van der Waals surface area contributed by atoms with E-state index in [2.05, 4.69) is 5.32 Å². The van der Waals surface area contributed by atoms with Crippen molar-refractivity contribution in [3.05, 3.63) is 28.8 Å². The maximum Gasteiger partial charge on any atom is 0.334 e. The summed E-state index contributed by atoms with van der Waals surface area (Å²) in [5, 5.41) is 2.98. The lowest BCUT2D eigenvalue weighted by Gasteiger charge is -2.29. The van der Waals surface area contributed by atoms with E-state index in [1.165, 1.54) is 13.8 Å². The molecule has 0 aromatic heterocycles. The van der Waals surface area contributed by atoms with Crippen LogP contribution >= 0.6 is 0 Å². The van der Waals surface area contributed by atoms with Gasteiger partial charge < -0.3 is 14.9 Å². The third-order valence-corrected chi connectivity index (χ3v) is 4.89. The molecule has 9 nitrogen and oxygen atoms in total. The van der Waals surface area contributed by atoms with Crippen LogP contribution in [-0.2, 0) is 34.2 Å². The predicted octanol–water partition coefficient (Wildman–Crippen LogP) is 2.01. The van der Waals surface area contributed by atoms with Crippen LogP contribution in [0.15, 0.2) is 12.1 Å². The molecule has 1 fully saturated rings. The highest BCUT2D eigenvalue weighted by Gasteiger charge is 2.36. The number of ether oxygens (including phenoxy) is 1. The van der Waals surface area contributed by atoms with Crippen LogP contribution in [0.3, 0.4) is 0 Å². The second kappa shape index (κ2) is 9.28. The first-order valence-corrected chi connectivity index (χ1v) is 9.99. The van der Waals surface area contributed by atoms with Crippen LogP contribution < -0.4 is 10.1 Å². The Hall–Kier alpha value is -3.23. The van der Waals surface area contributed by atoms with Crippen LogP contribution in [0.4, 0.5) is 0 Å². The van der Waals surface area contributed by atoms with E-state index < -0.39 is 35.2 Å². The molecule has 2 rings (SSSR count). The molecule has 1 aromatic carbocycles. The van der Waals surface area contributed by atoms with Crippen molar-refractivity contribution in [1.29, 1.82) is 0 Å². The molecule has 0 spiro atoms. The summed E-state index contributed by atoms with van der Waals surface area (Å²) in [4.78, 5) is 64.6. The fourth-order valence-corrected chi connectivity index (χ4v) is 3.68. The van der Waals surface area contributed by atoms with Gasteiger partial charge in [0.15, 0.2) is 0 Å². The monoisotopic (exact) mass is 432 g/mol. The molecule has 1 heterocycles. The number of amides is 3. The number of nitrogens with one attached hydrogen (secondary N) is 1. The smallest absolute Gasteiger partial charge is 0.334 e. The first kappa shape index (κ1) is 24.0. The van der Waals surface area contributed by atoms with Gasteiger partial charge in [0.2, 0.25) is 5.91 Å². The second-order valence-corrected chi connectivity index (χ2v) is 8.40. The normalized spacial score (nSPS) is 15.0. The van der Waals surface area contributed by atoms with Gasteiger partial charge in [-0.05, 0) is 38.0 Å². The Bertz CT molecular complexity index is 920. The lowest BCUT2D eigenvalue weighted by Crippen LogP contribution is -2.40. The molecule has 3 amide bonds. The molecule has 31 heavy (non-hydrogen) atoms. The van der Waals surface area contributed by atoms with Crippen molar-refractivity contribution < 1.29 is 33.5 Å². The van der Waals surface area contributed by atoms with E-state index in [-0.39, 0.29) is 30.9 Å². The number of nitrogens with zero attached hydrogens (tertiary/aromatic N) is 1. The fraction of sp³-hybridized carbons (Fsp3) is 0.500. The zero-order chi connectivity index (χ0) is 23.5. The Kier molecular flexibility index (Phi) is 7.20. The number of imide groups is 1. The molecule has 1 unspecified atom stereocenters. The molecule has 1 aliphatic heterocycles. The van der Waals surface area contributed by atoms with Gasteiger partial charge in [-0.1, -0.05) is 19.9 Å². The number of esters is 1. The van der Waals surface area contributed by atoms with Gasteiger partial charge in [-0.25, -0.2) is 9.59 Å². The van der Waals surface area contributed by atoms with E-state index in [1.807, 2.05) is 19.9 Å². The Balaban J connectivity index is 2.27. The van der Waals surface area contributed by atoms with E-state index in [4.69, 9.17) is 9.57 Å². The summed E-state index contributed by atoms with van der Waals surface area (Å²) in [7, 11) is 0. The number of benzene rings is 1. The van der Waals surface area contributed by atoms with E-state index in [0.717, 1.165) is 11.1 Å². The quantitative estimate of drug-likeness (QED) is 0.398. The zero-order valence-corrected chi connectivity index (χ0v) is 18.7. The summed E-state index contributed by atoms with van der Waals surface area (Å²) in [6.45, 7) is 10.0. The lowest BCUT2D eigenvalue weighted by molar-refractivity contribution is -0.198. The molecule has 168 valence electrons. The highest BCUT2D eigenvalue weighted by Crippen LogP contribution is 2.38. The van der Waals surface area contributed by atoms with Gasteiger partial charge >= 0.3 is 11.9 Å². The van der Waals surface area contributed by atoms with Crippen molar-refractivity contribution in [2.45, 2.75) is 72.3 Å². The third kappa shape index (κ3) is 5.90. The SMILES string of the molecule is CC(=O)NC(C)C(=O)Oc1cc(C)cc(C)c1C(C)(C)CC(=O)ON1C(=O)CCC1=O. The van der Waals surface area contributed by atoms with Gasteiger partial charge in [0.1, 0.15) is 11.8 Å². The molecular weight excluding hydrogens is 404 g/mol. The van der Waals surface area contributed by atoms with Gasteiger partial charge in [0.25, 0.3) is 11.8 Å². The topological polar surface area (TPSA) is 119 Å². The molecule has 9 heteroatoms. The maximum atomic E-state index is 12.5. The highest BCUT2D eigenvalue weighted by atomic mass is 16.7. The maximum absolute atomic E-state index is 12.5. The van der Waals surface area contributed by atoms with Gasteiger partial charge in [-0.3, -0.25) is 14.4 Å². The van der Waals surface area contributed by atoms with Crippen LogP contribution in [0.2, 0.25) is 0 Å². The summed E-state index contributed by atoms with van der Waals surface area (Å²) >= 11 is 0. The highest BCUT2D eigenvalue weighted by molar-refractivity contribution is 6.01. The molecule has 0 bridgehead atoms. The van der Waals surface area contributed by atoms with E-state index >= 15 is 0 Å². The van der Waals surface area contributed by atoms with Crippen molar-refractivity contribution in [1.82, 2.24) is 10.4 Å². The lowest BCUT2D eigenvalue weighted by atomic mass is 9.78. The number of aryl methyl sites for hydroxylation is 2. The largest absolute Gasteiger partial charge is 0.425 e. The standard InChI is InChI=1S/C22H28N2O7/c1-12-9-13(2)20(16(10-12)30-21(29)14(3)23-15(4)25)22(5,6)11-19(28)31-24-17(26)7-8-18(24)27/h9-10,14H,7-8,11H2,1-6H3,(H,23,25).